The molecule has 0 unspecified atom stereocenters. The third-order valence-corrected chi connectivity index (χ3v) is 4.77. The van der Waals surface area contributed by atoms with E-state index in [1.165, 1.54) is 0 Å². The molecule has 3 rings (SSSR count). The molecule has 0 saturated heterocycles. The molecular weight excluding hydrogens is 349 g/mol. The molecule has 1 spiro atoms. The summed E-state index contributed by atoms with van der Waals surface area (Å²) in [6.45, 7) is 3.49. The van der Waals surface area contributed by atoms with Gasteiger partial charge in [-0.05, 0) is 24.6 Å². The molecule has 5 nitrogen and oxygen atoms in total. The number of oxime groups is 1. The summed E-state index contributed by atoms with van der Waals surface area (Å²) in [6.07, 6.45) is 2.31. The number of amides is 1. The Morgan fingerprint density at radius 2 is 2.25 bits per heavy atom. The lowest BCUT2D eigenvalue weighted by Crippen LogP contribution is -2.51. The lowest BCUT2D eigenvalue weighted by Gasteiger charge is -2.43. The first kappa shape index (κ1) is 19.0. The molecule has 1 heterocycles. The van der Waals surface area contributed by atoms with Gasteiger partial charge in [0.15, 0.2) is 0 Å². The summed E-state index contributed by atoms with van der Waals surface area (Å²) in [5.41, 5.74) is 7.48. The van der Waals surface area contributed by atoms with Crippen LogP contribution in [0.5, 0.6) is 0 Å². The predicted molar refractivity (Wildman–Crippen MR) is 97.4 cm³/mol. The minimum Gasteiger partial charge on any atom is -0.389 e. The van der Waals surface area contributed by atoms with Crippen LogP contribution < -0.4 is 5.73 Å². The molecule has 2 N–H and O–H groups in total. The lowest BCUT2D eigenvalue weighted by molar-refractivity contribution is -0.157. The van der Waals surface area contributed by atoms with Crippen LogP contribution in [0.25, 0.3) is 0 Å². The Balaban J connectivity index is 0.00000208. The van der Waals surface area contributed by atoms with Crippen molar-refractivity contribution in [3.63, 3.8) is 0 Å². The second kappa shape index (κ2) is 7.72. The summed E-state index contributed by atoms with van der Waals surface area (Å²) in [4.78, 5) is 20.1. The van der Waals surface area contributed by atoms with Crippen LogP contribution in [0.15, 0.2) is 29.4 Å². The quantitative estimate of drug-likeness (QED) is 0.864. The first-order valence-electron chi connectivity index (χ1n) is 7.96. The highest BCUT2D eigenvalue weighted by atomic mass is 35.5. The summed E-state index contributed by atoms with van der Waals surface area (Å²) in [5.74, 6) is 0.149. The zero-order valence-electron chi connectivity index (χ0n) is 13.7. The number of rotatable bonds is 5. The zero-order valence-corrected chi connectivity index (χ0v) is 15.3. The number of hydrogen-bond donors (Lipinski definition) is 1. The van der Waals surface area contributed by atoms with Crippen LogP contribution in [0.4, 0.5) is 0 Å². The van der Waals surface area contributed by atoms with Gasteiger partial charge in [0.1, 0.15) is 5.60 Å². The predicted octanol–water partition coefficient (Wildman–Crippen LogP) is 2.99. The average molecular weight is 372 g/mol. The average Bonchev–Trinajstić information content (AvgIpc) is 2.87. The van der Waals surface area contributed by atoms with Crippen LogP contribution in [0, 0.1) is 5.92 Å². The van der Waals surface area contributed by atoms with Gasteiger partial charge in [-0.1, -0.05) is 28.9 Å². The van der Waals surface area contributed by atoms with E-state index in [-0.39, 0.29) is 29.8 Å². The van der Waals surface area contributed by atoms with Crippen LogP contribution in [0.3, 0.4) is 0 Å². The van der Waals surface area contributed by atoms with E-state index in [9.17, 15) is 4.79 Å². The molecule has 24 heavy (non-hydrogen) atoms. The van der Waals surface area contributed by atoms with Gasteiger partial charge in [-0.3, -0.25) is 4.79 Å². The smallest absolute Gasteiger partial charge is 0.226 e. The molecule has 1 fully saturated rings. The van der Waals surface area contributed by atoms with E-state index in [1.807, 2.05) is 36.1 Å². The third-order valence-electron chi connectivity index (χ3n) is 4.53. The molecule has 1 saturated carbocycles. The zero-order chi connectivity index (χ0) is 16.4. The monoisotopic (exact) mass is 371 g/mol. The maximum Gasteiger partial charge on any atom is 0.226 e. The van der Waals surface area contributed by atoms with Gasteiger partial charge in [-0.15, -0.1) is 12.4 Å². The van der Waals surface area contributed by atoms with Crippen LogP contribution in [0.1, 0.15) is 31.7 Å². The lowest BCUT2D eigenvalue weighted by atomic mass is 9.68. The minimum absolute atomic E-state index is 0. The SMILES string of the molecule is CC1=NOC2(C1)CC(C(=O)N(CCN)Cc1cccc(Cl)c1)C2.Cl. The van der Waals surface area contributed by atoms with Crippen molar-refractivity contribution < 1.29 is 9.63 Å². The number of nitrogens with two attached hydrogens (primary N) is 1. The van der Waals surface area contributed by atoms with Crippen LogP contribution >= 0.6 is 24.0 Å². The van der Waals surface area contributed by atoms with Gasteiger partial charge in [0.25, 0.3) is 0 Å². The van der Waals surface area contributed by atoms with Crippen molar-refractivity contribution in [2.45, 2.75) is 38.3 Å². The Hall–Kier alpha value is -1.30. The molecule has 0 atom stereocenters. The maximum atomic E-state index is 12.8. The van der Waals surface area contributed by atoms with Gasteiger partial charge in [-0.2, -0.15) is 0 Å². The molecule has 0 aromatic heterocycles. The van der Waals surface area contributed by atoms with E-state index in [1.54, 1.807) is 0 Å². The van der Waals surface area contributed by atoms with Crippen molar-refractivity contribution in [2.75, 3.05) is 13.1 Å². The molecule has 1 aliphatic heterocycles. The minimum atomic E-state index is -0.227. The number of hydrogen-bond acceptors (Lipinski definition) is 4. The highest BCUT2D eigenvalue weighted by molar-refractivity contribution is 6.30. The number of halogens is 2. The highest BCUT2D eigenvalue weighted by Crippen LogP contribution is 2.47. The van der Waals surface area contributed by atoms with Crippen LogP contribution in [0.2, 0.25) is 5.02 Å². The van der Waals surface area contributed by atoms with E-state index >= 15 is 0 Å². The van der Waals surface area contributed by atoms with Crippen molar-refractivity contribution in [1.82, 2.24) is 4.90 Å². The van der Waals surface area contributed by atoms with E-state index in [4.69, 9.17) is 22.2 Å². The highest BCUT2D eigenvalue weighted by Gasteiger charge is 2.53. The number of nitrogens with zero attached hydrogens (tertiary/aromatic N) is 2. The summed E-state index contributed by atoms with van der Waals surface area (Å²) < 4.78 is 0. The van der Waals surface area contributed by atoms with Crippen molar-refractivity contribution in [3.8, 4) is 0 Å². The molecule has 1 aliphatic carbocycles. The second-order valence-corrected chi connectivity index (χ2v) is 7.00. The Labute approximate surface area is 153 Å². The van der Waals surface area contributed by atoms with Gasteiger partial charge in [0, 0.05) is 49.8 Å². The molecule has 1 amide bonds. The summed E-state index contributed by atoms with van der Waals surface area (Å²) in [6, 6.07) is 7.59. The molecule has 1 aromatic carbocycles. The van der Waals surface area contributed by atoms with Crippen LogP contribution in [-0.2, 0) is 16.2 Å². The number of benzene rings is 1. The molecule has 1 aromatic rings. The standard InChI is InChI=1S/C17H22ClN3O2.ClH/c1-12-8-17(23-20-12)9-14(10-17)16(22)21(6-5-19)11-13-3-2-4-15(18)7-13;/h2-4,7,14H,5-6,8-11,19H2,1H3;1H. The van der Waals surface area contributed by atoms with E-state index in [0.717, 1.165) is 30.5 Å². The van der Waals surface area contributed by atoms with Gasteiger partial charge in [0.2, 0.25) is 5.91 Å². The fourth-order valence-corrected chi connectivity index (χ4v) is 3.69. The fourth-order valence-electron chi connectivity index (χ4n) is 3.47. The molecule has 132 valence electrons. The number of carbonyl (C=O) groups excluding carboxylic acids is 1. The first-order chi connectivity index (χ1) is 11.0. The maximum absolute atomic E-state index is 12.8. The summed E-state index contributed by atoms with van der Waals surface area (Å²) in [7, 11) is 0. The van der Waals surface area contributed by atoms with Crippen molar-refractivity contribution in [3.05, 3.63) is 34.9 Å². The van der Waals surface area contributed by atoms with Gasteiger partial charge in [0.05, 0.1) is 5.71 Å². The first-order valence-corrected chi connectivity index (χ1v) is 8.34. The normalized spacial score (nSPS) is 24.6. The molecule has 7 heteroatoms. The Bertz CT molecular complexity index is 630. The van der Waals surface area contributed by atoms with Crippen molar-refractivity contribution in [2.24, 2.45) is 16.8 Å². The topological polar surface area (TPSA) is 67.9 Å². The Morgan fingerprint density at radius 1 is 1.50 bits per heavy atom. The molecule has 0 bridgehead atoms. The van der Waals surface area contributed by atoms with E-state index < -0.39 is 0 Å². The molecular formula is C17H23Cl2N3O2. The Morgan fingerprint density at radius 3 is 2.83 bits per heavy atom. The van der Waals surface area contributed by atoms with E-state index in [2.05, 4.69) is 5.16 Å². The van der Waals surface area contributed by atoms with Crippen molar-refractivity contribution >= 4 is 35.6 Å². The van der Waals surface area contributed by atoms with Gasteiger partial charge in [-0.25, -0.2) is 0 Å². The largest absolute Gasteiger partial charge is 0.389 e. The van der Waals surface area contributed by atoms with Crippen molar-refractivity contribution in [1.29, 1.82) is 0 Å². The number of carbonyl (C=O) groups is 1. The summed E-state index contributed by atoms with van der Waals surface area (Å²) >= 11 is 6.02. The van der Waals surface area contributed by atoms with Crippen LogP contribution in [-0.4, -0.2) is 35.2 Å². The Kier molecular flexibility index (Phi) is 6.12. The summed E-state index contributed by atoms with van der Waals surface area (Å²) in [5, 5.41) is 4.70. The van der Waals surface area contributed by atoms with Gasteiger partial charge >= 0.3 is 0 Å². The van der Waals surface area contributed by atoms with Gasteiger partial charge < -0.3 is 15.5 Å². The fraction of sp³-hybridized carbons (Fsp3) is 0.529. The third kappa shape index (κ3) is 4.02. The molecule has 2 aliphatic rings. The second-order valence-electron chi connectivity index (χ2n) is 6.56. The molecule has 0 radical (unpaired) electrons. The van der Waals surface area contributed by atoms with E-state index in [0.29, 0.717) is 24.7 Å².